The molecule has 0 bridgehead atoms. The summed E-state index contributed by atoms with van der Waals surface area (Å²) in [4.78, 5) is 41.0. The highest BCUT2D eigenvalue weighted by Gasteiger charge is 2.20. The lowest BCUT2D eigenvalue weighted by atomic mass is 10.1. The molecule has 152 valence electrons. The average Bonchev–Trinajstić information content (AvgIpc) is 3.22. The van der Waals surface area contributed by atoms with Crippen LogP contribution < -0.4 is 16.1 Å². The Kier molecular flexibility index (Phi) is 5.13. The van der Waals surface area contributed by atoms with Gasteiger partial charge in [-0.1, -0.05) is 35.9 Å². The fraction of sp³-hybridized carbons (Fsp3) is 0.174. The third-order valence-electron chi connectivity index (χ3n) is 5.16. The molecule has 2 aromatic heterocycles. The standard InChI is InChI=1S/C23H21N3O3S/c1-15-9-10-18(16(2)13-15)26-22(28)21-19(11-12-30-21)25(23(26)29)14-20(27)24(3)17-7-5-4-6-8-17/h4-13H,14H2,1-3H3. The molecule has 4 aromatic rings. The van der Waals surface area contributed by atoms with Crippen molar-refractivity contribution in [1.82, 2.24) is 9.13 Å². The van der Waals surface area contributed by atoms with Crippen molar-refractivity contribution in [3.8, 4) is 5.69 Å². The van der Waals surface area contributed by atoms with Gasteiger partial charge in [-0.2, -0.15) is 0 Å². The summed E-state index contributed by atoms with van der Waals surface area (Å²) >= 11 is 1.27. The number of fused-ring (bicyclic) bond motifs is 1. The Morgan fingerprint density at radius 2 is 1.77 bits per heavy atom. The van der Waals surface area contributed by atoms with E-state index in [0.717, 1.165) is 16.8 Å². The van der Waals surface area contributed by atoms with Gasteiger partial charge in [-0.25, -0.2) is 9.36 Å². The predicted octanol–water partition coefficient (Wildman–Crippen LogP) is 3.49. The molecule has 0 radical (unpaired) electrons. The molecule has 7 heteroatoms. The van der Waals surface area contributed by atoms with Gasteiger partial charge in [0, 0.05) is 12.7 Å². The van der Waals surface area contributed by atoms with Gasteiger partial charge in [-0.3, -0.25) is 14.2 Å². The summed E-state index contributed by atoms with van der Waals surface area (Å²) in [5, 5.41) is 1.76. The highest BCUT2D eigenvalue weighted by Crippen LogP contribution is 2.19. The van der Waals surface area contributed by atoms with E-state index in [-0.39, 0.29) is 18.0 Å². The number of rotatable bonds is 4. The molecule has 2 heterocycles. The summed E-state index contributed by atoms with van der Waals surface area (Å²) in [6.45, 7) is 3.66. The second-order valence-electron chi connectivity index (χ2n) is 7.22. The predicted molar refractivity (Wildman–Crippen MR) is 121 cm³/mol. The van der Waals surface area contributed by atoms with E-state index in [4.69, 9.17) is 0 Å². The van der Waals surface area contributed by atoms with Crippen LogP contribution in [-0.2, 0) is 11.3 Å². The maximum atomic E-state index is 13.4. The topological polar surface area (TPSA) is 64.3 Å². The van der Waals surface area contributed by atoms with Crippen molar-refractivity contribution in [3.05, 3.63) is 91.9 Å². The highest BCUT2D eigenvalue weighted by atomic mass is 32.1. The second kappa shape index (κ2) is 7.76. The molecular formula is C23H21N3O3S. The Bertz CT molecular complexity index is 1370. The van der Waals surface area contributed by atoms with E-state index < -0.39 is 5.69 Å². The minimum atomic E-state index is -0.521. The van der Waals surface area contributed by atoms with Gasteiger partial charge in [0.25, 0.3) is 5.56 Å². The summed E-state index contributed by atoms with van der Waals surface area (Å²) in [7, 11) is 1.67. The summed E-state index contributed by atoms with van der Waals surface area (Å²) < 4.78 is 3.00. The van der Waals surface area contributed by atoms with Crippen molar-refractivity contribution in [2.24, 2.45) is 0 Å². The summed E-state index contributed by atoms with van der Waals surface area (Å²) in [5.74, 6) is -0.248. The van der Waals surface area contributed by atoms with Crippen molar-refractivity contribution in [2.45, 2.75) is 20.4 Å². The first-order chi connectivity index (χ1) is 14.4. The first-order valence-electron chi connectivity index (χ1n) is 9.51. The van der Waals surface area contributed by atoms with E-state index in [0.29, 0.717) is 15.9 Å². The molecule has 0 spiro atoms. The largest absolute Gasteiger partial charge is 0.336 e. The first-order valence-corrected chi connectivity index (χ1v) is 10.4. The number of para-hydroxylation sites is 1. The van der Waals surface area contributed by atoms with Crippen LogP contribution in [0.25, 0.3) is 15.9 Å². The van der Waals surface area contributed by atoms with Crippen LogP contribution in [0, 0.1) is 13.8 Å². The van der Waals surface area contributed by atoms with Crippen LogP contribution in [0.2, 0.25) is 0 Å². The smallest absolute Gasteiger partial charge is 0.314 e. The molecule has 0 aliphatic rings. The lowest BCUT2D eigenvalue weighted by Crippen LogP contribution is -2.42. The molecular weight excluding hydrogens is 398 g/mol. The highest BCUT2D eigenvalue weighted by molar-refractivity contribution is 7.17. The van der Waals surface area contributed by atoms with Crippen molar-refractivity contribution < 1.29 is 4.79 Å². The quantitative estimate of drug-likeness (QED) is 0.509. The zero-order valence-corrected chi connectivity index (χ0v) is 17.8. The number of anilines is 1. The van der Waals surface area contributed by atoms with Gasteiger partial charge in [0.2, 0.25) is 5.91 Å². The van der Waals surface area contributed by atoms with E-state index in [1.807, 2.05) is 56.3 Å². The molecule has 0 saturated heterocycles. The van der Waals surface area contributed by atoms with Gasteiger partial charge in [0.1, 0.15) is 11.2 Å². The Morgan fingerprint density at radius 1 is 1.03 bits per heavy atom. The van der Waals surface area contributed by atoms with Crippen LogP contribution in [0.5, 0.6) is 0 Å². The third-order valence-corrected chi connectivity index (χ3v) is 6.05. The fourth-order valence-electron chi connectivity index (χ4n) is 3.55. The molecule has 2 aromatic carbocycles. The van der Waals surface area contributed by atoms with Crippen LogP contribution in [0.3, 0.4) is 0 Å². The summed E-state index contributed by atoms with van der Waals surface area (Å²) in [5.41, 5.74) is 2.73. The molecule has 0 aliphatic carbocycles. The molecule has 0 aliphatic heterocycles. The number of thiophene rings is 1. The molecule has 0 atom stereocenters. The number of nitrogens with zero attached hydrogens (tertiary/aromatic N) is 3. The van der Waals surface area contributed by atoms with Crippen LogP contribution in [0.1, 0.15) is 11.1 Å². The molecule has 0 unspecified atom stereocenters. The monoisotopic (exact) mass is 419 g/mol. The van der Waals surface area contributed by atoms with Gasteiger partial charge < -0.3 is 4.90 Å². The number of hydrogen-bond donors (Lipinski definition) is 0. The number of benzene rings is 2. The molecule has 1 amide bonds. The van der Waals surface area contributed by atoms with Gasteiger partial charge in [0.05, 0.1) is 11.2 Å². The molecule has 0 saturated carbocycles. The Morgan fingerprint density at radius 3 is 2.47 bits per heavy atom. The molecule has 30 heavy (non-hydrogen) atoms. The van der Waals surface area contributed by atoms with Gasteiger partial charge in [0.15, 0.2) is 0 Å². The van der Waals surface area contributed by atoms with E-state index in [1.165, 1.54) is 25.4 Å². The number of carbonyl (C=O) groups is 1. The second-order valence-corrected chi connectivity index (χ2v) is 8.14. The van der Waals surface area contributed by atoms with Gasteiger partial charge in [-0.05, 0) is 49.1 Å². The number of amides is 1. The minimum absolute atomic E-state index is 0.164. The van der Waals surface area contributed by atoms with Crippen LogP contribution in [-0.4, -0.2) is 22.1 Å². The summed E-state index contributed by atoms with van der Waals surface area (Å²) in [6.07, 6.45) is 0. The Hall–Kier alpha value is -3.45. The molecule has 4 rings (SSSR count). The Balaban J connectivity index is 1.86. The number of likely N-dealkylation sites (N-methyl/N-ethyl adjacent to an activating group) is 1. The molecule has 0 fully saturated rings. The number of aromatic nitrogens is 2. The zero-order valence-electron chi connectivity index (χ0n) is 17.0. The zero-order chi connectivity index (χ0) is 21.4. The van der Waals surface area contributed by atoms with Gasteiger partial charge in [-0.15, -0.1) is 11.3 Å². The molecule has 0 N–H and O–H groups in total. The molecule has 6 nitrogen and oxygen atoms in total. The van der Waals surface area contributed by atoms with Crippen molar-refractivity contribution in [1.29, 1.82) is 0 Å². The normalized spacial score (nSPS) is 11.0. The van der Waals surface area contributed by atoms with Crippen molar-refractivity contribution >= 4 is 33.1 Å². The van der Waals surface area contributed by atoms with Crippen LogP contribution >= 0.6 is 11.3 Å². The summed E-state index contributed by atoms with van der Waals surface area (Å²) in [6, 6.07) is 16.5. The third kappa shape index (κ3) is 3.37. The Labute approximate surface area is 177 Å². The van der Waals surface area contributed by atoms with Gasteiger partial charge >= 0.3 is 5.69 Å². The number of hydrogen-bond acceptors (Lipinski definition) is 4. The SMILES string of the molecule is Cc1ccc(-n2c(=O)c3sccc3n(CC(=O)N(C)c3ccccc3)c2=O)c(C)c1. The van der Waals surface area contributed by atoms with Crippen LogP contribution in [0.4, 0.5) is 5.69 Å². The lowest BCUT2D eigenvalue weighted by molar-refractivity contribution is -0.118. The maximum absolute atomic E-state index is 13.4. The first kappa shape index (κ1) is 19.8. The maximum Gasteiger partial charge on any atom is 0.336 e. The minimum Gasteiger partial charge on any atom is -0.314 e. The number of carbonyl (C=O) groups excluding carboxylic acids is 1. The average molecular weight is 420 g/mol. The van der Waals surface area contributed by atoms with Crippen molar-refractivity contribution in [2.75, 3.05) is 11.9 Å². The van der Waals surface area contributed by atoms with Crippen LogP contribution in [0.15, 0.2) is 69.6 Å². The lowest BCUT2D eigenvalue weighted by Gasteiger charge is -2.19. The van der Waals surface area contributed by atoms with E-state index in [2.05, 4.69) is 0 Å². The van der Waals surface area contributed by atoms with E-state index in [9.17, 15) is 14.4 Å². The van der Waals surface area contributed by atoms with E-state index >= 15 is 0 Å². The van der Waals surface area contributed by atoms with Crippen molar-refractivity contribution in [3.63, 3.8) is 0 Å². The fourth-order valence-corrected chi connectivity index (χ4v) is 4.37. The number of aryl methyl sites for hydroxylation is 2. The van der Waals surface area contributed by atoms with E-state index in [1.54, 1.807) is 24.6 Å².